The summed E-state index contributed by atoms with van der Waals surface area (Å²) in [5.41, 5.74) is 6.36. The fraction of sp³-hybridized carbons (Fsp3) is 0.130. The van der Waals surface area contributed by atoms with Crippen molar-refractivity contribution < 1.29 is 9.32 Å². The van der Waals surface area contributed by atoms with Crippen LogP contribution in [0, 0.1) is 6.92 Å². The van der Waals surface area contributed by atoms with Gasteiger partial charge in [0.15, 0.2) is 11.4 Å². The summed E-state index contributed by atoms with van der Waals surface area (Å²) in [4.78, 5) is 42.2. The molecule has 0 saturated heterocycles. The SMILES string of the molecule is Cc1cc(C(=O)N(Cc2ccccc2)c2c(N)n(Cc3ccccc3)c(=O)[nH]c2=O)no1. The van der Waals surface area contributed by atoms with Gasteiger partial charge in [0.1, 0.15) is 11.6 Å². The van der Waals surface area contributed by atoms with Gasteiger partial charge in [-0.15, -0.1) is 0 Å². The summed E-state index contributed by atoms with van der Waals surface area (Å²) < 4.78 is 6.26. The van der Waals surface area contributed by atoms with Gasteiger partial charge in [-0.05, 0) is 18.1 Å². The summed E-state index contributed by atoms with van der Waals surface area (Å²) in [7, 11) is 0. The van der Waals surface area contributed by atoms with Gasteiger partial charge in [-0.2, -0.15) is 0 Å². The molecule has 0 saturated carbocycles. The van der Waals surface area contributed by atoms with Crippen LogP contribution in [0.3, 0.4) is 0 Å². The smallest absolute Gasteiger partial charge is 0.330 e. The van der Waals surface area contributed by atoms with Gasteiger partial charge in [0, 0.05) is 6.07 Å². The Kier molecular flexibility index (Phi) is 5.71. The molecule has 162 valence electrons. The molecule has 0 aliphatic heterocycles. The monoisotopic (exact) mass is 431 g/mol. The highest BCUT2D eigenvalue weighted by Crippen LogP contribution is 2.22. The number of nitrogens with zero attached hydrogens (tertiary/aromatic N) is 3. The average molecular weight is 431 g/mol. The number of carbonyl (C=O) groups is 1. The van der Waals surface area contributed by atoms with E-state index in [2.05, 4.69) is 10.1 Å². The zero-order valence-corrected chi connectivity index (χ0v) is 17.3. The maximum Gasteiger partial charge on any atom is 0.330 e. The quantitative estimate of drug-likeness (QED) is 0.482. The molecular weight excluding hydrogens is 410 g/mol. The molecule has 1 amide bonds. The minimum absolute atomic E-state index is 0.0260. The summed E-state index contributed by atoms with van der Waals surface area (Å²) in [6, 6.07) is 19.8. The number of anilines is 2. The number of nitrogens with one attached hydrogen (secondary N) is 1. The third-order valence-corrected chi connectivity index (χ3v) is 4.94. The minimum Gasteiger partial charge on any atom is -0.383 e. The Bertz CT molecular complexity index is 1360. The van der Waals surface area contributed by atoms with Gasteiger partial charge in [0.05, 0.1) is 13.1 Å². The Morgan fingerprint density at radius 1 is 1.06 bits per heavy atom. The second-order valence-electron chi connectivity index (χ2n) is 7.26. The molecule has 9 nitrogen and oxygen atoms in total. The predicted molar refractivity (Wildman–Crippen MR) is 119 cm³/mol. The van der Waals surface area contributed by atoms with Gasteiger partial charge in [-0.3, -0.25) is 24.0 Å². The molecule has 0 fully saturated rings. The number of aromatic amines is 1. The van der Waals surface area contributed by atoms with E-state index in [4.69, 9.17) is 10.3 Å². The molecule has 4 rings (SSSR count). The van der Waals surface area contributed by atoms with Crippen LogP contribution in [0.5, 0.6) is 0 Å². The first-order valence-electron chi connectivity index (χ1n) is 9.89. The van der Waals surface area contributed by atoms with Crippen molar-refractivity contribution in [3.63, 3.8) is 0 Å². The summed E-state index contributed by atoms with van der Waals surface area (Å²) >= 11 is 0. The minimum atomic E-state index is -0.763. The fourth-order valence-corrected chi connectivity index (χ4v) is 3.39. The number of amides is 1. The van der Waals surface area contributed by atoms with Gasteiger partial charge in [-0.25, -0.2) is 4.79 Å². The van der Waals surface area contributed by atoms with Gasteiger partial charge >= 0.3 is 5.69 Å². The molecule has 0 atom stereocenters. The average Bonchev–Trinajstić information content (AvgIpc) is 3.23. The third-order valence-electron chi connectivity index (χ3n) is 4.94. The van der Waals surface area contributed by atoms with E-state index < -0.39 is 17.2 Å². The predicted octanol–water partition coefficient (Wildman–Crippen LogP) is 2.31. The Labute approximate surface area is 182 Å². The first kappa shape index (κ1) is 20.9. The normalized spacial score (nSPS) is 10.8. The Morgan fingerprint density at radius 3 is 2.28 bits per heavy atom. The fourth-order valence-electron chi connectivity index (χ4n) is 3.39. The number of rotatable bonds is 6. The number of nitrogen functional groups attached to an aromatic ring is 1. The number of hydrogen-bond acceptors (Lipinski definition) is 6. The molecule has 0 aliphatic carbocycles. The van der Waals surface area contributed by atoms with E-state index in [-0.39, 0.29) is 30.3 Å². The molecule has 0 aliphatic rings. The maximum absolute atomic E-state index is 13.3. The van der Waals surface area contributed by atoms with Crippen LogP contribution in [0.4, 0.5) is 11.5 Å². The topological polar surface area (TPSA) is 127 Å². The number of H-pyrrole nitrogens is 1. The standard InChI is InChI=1S/C23H21N5O4/c1-15-12-18(26-32-15)22(30)27(13-16-8-4-2-5-9-16)19-20(24)28(23(31)25-21(19)29)14-17-10-6-3-7-11-17/h2-12H,13-14,24H2,1H3,(H,25,29,31). The highest BCUT2D eigenvalue weighted by Gasteiger charge is 2.27. The van der Waals surface area contributed by atoms with Crippen molar-refractivity contribution in [1.29, 1.82) is 0 Å². The van der Waals surface area contributed by atoms with Crippen LogP contribution in [0.2, 0.25) is 0 Å². The van der Waals surface area contributed by atoms with E-state index in [0.29, 0.717) is 5.76 Å². The Morgan fingerprint density at radius 2 is 1.69 bits per heavy atom. The van der Waals surface area contributed by atoms with Crippen LogP contribution >= 0.6 is 0 Å². The molecule has 32 heavy (non-hydrogen) atoms. The zero-order chi connectivity index (χ0) is 22.7. The number of aryl methyl sites for hydroxylation is 1. The van der Waals surface area contributed by atoms with Crippen molar-refractivity contribution in [3.8, 4) is 0 Å². The van der Waals surface area contributed by atoms with E-state index >= 15 is 0 Å². The van der Waals surface area contributed by atoms with Gasteiger partial charge < -0.3 is 10.3 Å². The van der Waals surface area contributed by atoms with Crippen LogP contribution in [0.25, 0.3) is 0 Å². The third kappa shape index (κ3) is 4.22. The van der Waals surface area contributed by atoms with Crippen molar-refractivity contribution in [3.05, 3.63) is 110 Å². The molecular formula is C23H21N5O4. The van der Waals surface area contributed by atoms with Gasteiger partial charge in [0.25, 0.3) is 11.5 Å². The lowest BCUT2D eigenvalue weighted by molar-refractivity contribution is 0.0976. The number of carbonyl (C=O) groups excluding carboxylic acids is 1. The molecule has 9 heteroatoms. The lowest BCUT2D eigenvalue weighted by Crippen LogP contribution is -2.41. The van der Waals surface area contributed by atoms with Gasteiger partial charge in [-0.1, -0.05) is 65.8 Å². The summed E-state index contributed by atoms with van der Waals surface area (Å²) in [6.07, 6.45) is 0. The van der Waals surface area contributed by atoms with Crippen molar-refractivity contribution in [2.24, 2.45) is 0 Å². The molecule has 2 aromatic carbocycles. The highest BCUT2D eigenvalue weighted by molar-refractivity contribution is 6.05. The van der Waals surface area contributed by atoms with E-state index in [1.165, 1.54) is 15.5 Å². The second-order valence-corrected chi connectivity index (χ2v) is 7.26. The lowest BCUT2D eigenvalue weighted by Gasteiger charge is -2.24. The van der Waals surface area contributed by atoms with Crippen LogP contribution in [0.15, 0.2) is 80.8 Å². The molecule has 0 unspecified atom stereocenters. The first-order valence-corrected chi connectivity index (χ1v) is 9.89. The number of aromatic nitrogens is 3. The molecule has 0 bridgehead atoms. The molecule has 2 heterocycles. The highest BCUT2D eigenvalue weighted by atomic mass is 16.5. The Hall–Kier alpha value is -4.40. The Balaban J connectivity index is 1.84. The summed E-state index contributed by atoms with van der Waals surface area (Å²) in [5, 5.41) is 3.78. The molecule has 0 radical (unpaired) electrons. The molecule has 0 spiro atoms. The van der Waals surface area contributed by atoms with E-state index in [1.54, 1.807) is 6.92 Å². The van der Waals surface area contributed by atoms with E-state index in [9.17, 15) is 14.4 Å². The number of nitrogens with two attached hydrogens (primary N) is 1. The summed E-state index contributed by atoms with van der Waals surface area (Å²) in [6.45, 7) is 1.83. The van der Waals surface area contributed by atoms with Crippen LogP contribution in [0.1, 0.15) is 27.4 Å². The summed E-state index contributed by atoms with van der Waals surface area (Å²) in [5.74, 6) is -0.246. The lowest BCUT2D eigenvalue weighted by atomic mass is 10.2. The number of hydrogen-bond donors (Lipinski definition) is 2. The molecule has 3 N–H and O–H groups in total. The first-order chi connectivity index (χ1) is 15.4. The van der Waals surface area contributed by atoms with Crippen molar-refractivity contribution in [2.45, 2.75) is 20.0 Å². The second kappa shape index (κ2) is 8.76. The largest absolute Gasteiger partial charge is 0.383 e. The van der Waals surface area contributed by atoms with E-state index in [1.807, 2.05) is 60.7 Å². The van der Waals surface area contributed by atoms with E-state index in [0.717, 1.165) is 11.1 Å². The molecule has 4 aromatic rings. The van der Waals surface area contributed by atoms with Crippen molar-refractivity contribution in [1.82, 2.24) is 14.7 Å². The van der Waals surface area contributed by atoms with Crippen molar-refractivity contribution in [2.75, 3.05) is 10.6 Å². The van der Waals surface area contributed by atoms with Crippen LogP contribution in [-0.4, -0.2) is 20.6 Å². The molecule has 2 aromatic heterocycles. The van der Waals surface area contributed by atoms with Crippen LogP contribution in [-0.2, 0) is 13.1 Å². The van der Waals surface area contributed by atoms with Crippen LogP contribution < -0.4 is 21.9 Å². The number of benzene rings is 2. The zero-order valence-electron chi connectivity index (χ0n) is 17.3. The maximum atomic E-state index is 13.3. The van der Waals surface area contributed by atoms with Gasteiger partial charge in [0.2, 0.25) is 0 Å². The van der Waals surface area contributed by atoms with Crippen molar-refractivity contribution >= 4 is 17.4 Å².